The highest BCUT2D eigenvalue weighted by molar-refractivity contribution is 7.12. The lowest BCUT2D eigenvalue weighted by Crippen LogP contribution is -2.51. The number of piperidine rings is 1. The number of carbonyl (C=O) groups is 2. The number of aryl methyl sites for hydroxylation is 2. The van der Waals surface area contributed by atoms with Gasteiger partial charge in [0.15, 0.2) is 0 Å². The highest BCUT2D eigenvalue weighted by Gasteiger charge is 2.28. The Labute approximate surface area is 111 Å². The van der Waals surface area contributed by atoms with Gasteiger partial charge in [0.2, 0.25) is 11.8 Å². The Kier molecular flexibility index (Phi) is 3.82. The molecule has 0 saturated carbocycles. The zero-order valence-electron chi connectivity index (χ0n) is 10.9. The van der Waals surface area contributed by atoms with Crippen LogP contribution in [-0.4, -0.2) is 17.9 Å². The maximum Gasteiger partial charge on any atom is 0.243 e. The van der Waals surface area contributed by atoms with Crippen LogP contribution in [0.5, 0.6) is 0 Å². The average molecular weight is 266 g/mol. The number of rotatable bonds is 3. The van der Waals surface area contributed by atoms with E-state index in [0.717, 1.165) is 0 Å². The van der Waals surface area contributed by atoms with E-state index in [-0.39, 0.29) is 23.9 Å². The second-order valence-electron chi connectivity index (χ2n) is 4.76. The summed E-state index contributed by atoms with van der Waals surface area (Å²) in [4.78, 5) is 25.3. The Morgan fingerprint density at radius 3 is 2.72 bits per heavy atom. The summed E-state index contributed by atoms with van der Waals surface area (Å²) in [6.07, 6.45) is 0.995. The summed E-state index contributed by atoms with van der Waals surface area (Å²) in [5.41, 5.74) is 1.24. The zero-order valence-corrected chi connectivity index (χ0v) is 11.7. The van der Waals surface area contributed by atoms with E-state index in [2.05, 4.69) is 37.5 Å². The predicted molar refractivity (Wildman–Crippen MR) is 71.5 cm³/mol. The monoisotopic (exact) mass is 266 g/mol. The summed E-state index contributed by atoms with van der Waals surface area (Å²) in [6.45, 7) is 6.23. The molecule has 18 heavy (non-hydrogen) atoms. The Balaban J connectivity index is 2.03. The molecule has 2 rings (SSSR count). The topological polar surface area (TPSA) is 58.2 Å². The van der Waals surface area contributed by atoms with Gasteiger partial charge in [-0.15, -0.1) is 11.3 Å². The molecular formula is C13H18N2O2S. The largest absolute Gasteiger partial charge is 0.299 e. The van der Waals surface area contributed by atoms with E-state index in [9.17, 15) is 9.59 Å². The van der Waals surface area contributed by atoms with Crippen LogP contribution in [0.2, 0.25) is 0 Å². The standard InChI is InChI=1S/C13H18N2O2S/c1-7-6-10(9(3)18-7)8(2)14-11-4-5-12(16)15-13(11)17/h6,8,11,14H,4-5H2,1-3H3,(H,15,16,17). The van der Waals surface area contributed by atoms with Crippen molar-refractivity contribution in [3.05, 3.63) is 21.4 Å². The molecule has 98 valence electrons. The molecule has 1 saturated heterocycles. The van der Waals surface area contributed by atoms with Crippen LogP contribution >= 0.6 is 11.3 Å². The second-order valence-corrected chi connectivity index (χ2v) is 6.22. The van der Waals surface area contributed by atoms with Crippen LogP contribution in [0.3, 0.4) is 0 Å². The van der Waals surface area contributed by atoms with E-state index in [1.54, 1.807) is 11.3 Å². The van der Waals surface area contributed by atoms with Gasteiger partial charge in [0.25, 0.3) is 0 Å². The molecule has 0 radical (unpaired) electrons. The van der Waals surface area contributed by atoms with Gasteiger partial charge in [0, 0.05) is 22.2 Å². The summed E-state index contributed by atoms with van der Waals surface area (Å²) in [7, 11) is 0. The van der Waals surface area contributed by atoms with Gasteiger partial charge in [-0.2, -0.15) is 0 Å². The molecule has 0 bridgehead atoms. The smallest absolute Gasteiger partial charge is 0.243 e. The normalized spacial score (nSPS) is 21.8. The molecular weight excluding hydrogens is 248 g/mol. The van der Waals surface area contributed by atoms with Crippen LogP contribution in [0.25, 0.3) is 0 Å². The second kappa shape index (κ2) is 5.20. The summed E-state index contributed by atoms with van der Waals surface area (Å²) >= 11 is 1.77. The third-order valence-corrected chi connectivity index (χ3v) is 4.22. The SMILES string of the molecule is Cc1cc(C(C)NC2CCC(=O)NC2=O)c(C)s1. The summed E-state index contributed by atoms with van der Waals surface area (Å²) in [6, 6.07) is 2.01. The first-order valence-electron chi connectivity index (χ1n) is 6.14. The number of hydrogen-bond donors (Lipinski definition) is 2. The molecule has 0 aromatic carbocycles. The molecule has 2 unspecified atom stereocenters. The highest BCUT2D eigenvalue weighted by atomic mass is 32.1. The first-order chi connectivity index (χ1) is 8.47. The van der Waals surface area contributed by atoms with Crippen molar-refractivity contribution in [2.75, 3.05) is 0 Å². The van der Waals surface area contributed by atoms with Gasteiger partial charge in [-0.25, -0.2) is 0 Å². The molecule has 2 atom stereocenters. The van der Waals surface area contributed by atoms with Gasteiger partial charge in [-0.1, -0.05) is 0 Å². The van der Waals surface area contributed by atoms with Crippen molar-refractivity contribution in [3.63, 3.8) is 0 Å². The minimum absolute atomic E-state index is 0.124. The molecule has 1 aromatic heterocycles. The Morgan fingerprint density at radius 1 is 1.44 bits per heavy atom. The fourth-order valence-corrected chi connectivity index (χ4v) is 3.35. The van der Waals surface area contributed by atoms with Crippen LogP contribution in [0, 0.1) is 13.8 Å². The van der Waals surface area contributed by atoms with Crippen LogP contribution in [-0.2, 0) is 9.59 Å². The van der Waals surface area contributed by atoms with Gasteiger partial charge >= 0.3 is 0 Å². The van der Waals surface area contributed by atoms with E-state index < -0.39 is 0 Å². The van der Waals surface area contributed by atoms with Gasteiger partial charge in [0.05, 0.1) is 6.04 Å². The van der Waals surface area contributed by atoms with Crippen molar-refractivity contribution < 1.29 is 9.59 Å². The van der Waals surface area contributed by atoms with Crippen molar-refractivity contribution >= 4 is 23.2 Å². The number of carbonyl (C=O) groups excluding carboxylic acids is 2. The summed E-state index contributed by atoms with van der Waals surface area (Å²) in [5, 5.41) is 5.67. The van der Waals surface area contributed by atoms with E-state index in [4.69, 9.17) is 0 Å². The first kappa shape index (κ1) is 13.2. The Morgan fingerprint density at radius 2 is 2.17 bits per heavy atom. The molecule has 1 aliphatic rings. The molecule has 0 aliphatic carbocycles. The van der Waals surface area contributed by atoms with Crippen molar-refractivity contribution in [3.8, 4) is 0 Å². The third-order valence-electron chi connectivity index (χ3n) is 3.24. The van der Waals surface area contributed by atoms with Crippen molar-refractivity contribution in [2.45, 2.75) is 45.7 Å². The average Bonchev–Trinajstić information content (AvgIpc) is 2.62. The summed E-state index contributed by atoms with van der Waals surface area (Å²) < 4.78 is 0. The predicted octanol–water partition coefficient (Wildman–Crippen LogP) is 1.82. The molecule has 0 spiro atoms. The number of amides is 2. The van der Waals surface area contributed by atoms with E-state index >= 15 is 0 Å². The molecule has 2 heterocycles. The molecule has 4 nitrogen and oxygen atoms in total. The zero-order chi connectivity index (χ0) is 13.3. The third kappa shape index (κ3) is 2.79. The molecule has 1 aliphatic heterocycles. The fraction of sp³-hybridized carbons (Fsp3) is 0.538. The lowest BCUT2D eigenvalue weighted by Gasteiger charge is -2.25. The van der Waals surface area contributed by atoms with E-state index in [0.29, 0.717) is 12.8 Å². The quantitative estimate of drug-likeness (QED) is 0.821. The van der Waals surface area contributed by atoms with E-state index in [1.807, 2.05) is 0 Å². The van der Waals surface area contributed by atoms with Crippen LogP contribution in [0.15, 0.2) is 6.07 Å². The minimum Gasteiger partial charge on any atom is -0.299 e. The molecule has 1 aromatic rings. The van der Waals surface area contributed by atoms with E-state index in [1.165, 1.54) is 15.3 Å². The fourth-order valence-electron chi connectivity index (χ4n) is 2.32. The van der Waals surface area contributed by atoms with Crippen molar-refractivity contribution in [1.82, 2.24) is 10.6 Å². The van der Waals surface area contributed by atoms with Gasteiger partial charge in [0.1, 0.15) is 0 Å². The molecule has 5 heteroatoms. The van der Waals surface area contributed by atoms with Gasteiger partial charge in [-0.3, -0.25) is 20.2 Å². The van der Waals surface area contributed by atoms with Crippen LogP contribution in [0.4, 0.5) is 0 Å². The number of thiophene rings is 1. The lowest BCUT2D eigenvalue weighted by atomic mass is 10.0. The summed E-state index contributed by atoms with van der Waals surface area (Å²) in [5.74, 6) is -0.379. The maximum atomic E-state index is 11.7. The Bertz CT molecular complexity index is 481. The van der Waals surface area contributed by atoms with Crippen molar-refractivity contribution in [2.24, 2.45) is 0 Å². The van der Waals surface area contributed by atoms with Crippen molar-refractivity contribution in [1.29, 1.82) is 0 Å². The molecule has 2 amide bonds. The number of nitrogens with one attached hydrogen (secondary N) is 2. The van der Waals surface area contributed by atoms with Crippen LogP contribution in [0.1, 0.15) is 41.1 Å². The van der Waals surface area contributed by atoms with Crippen LogP contribution < -0.4 is 10.6 Å². The number of imide groups is 1. The lowest BCUT2D eigenvalue weighted by molar-refractivity contribution is -0.134. The van der Waals surface area contributed by atoms with Gasteiger partial charge in [-0.05, 0) is 38.8 Å². The first-order valence-corrected chi connectivity index (χ1v) is 6.95. The maximum absolute atomic E-state index is 11.7. The molecule has 1 fully saturated rings. The minimum atomic E-state index is -0.266. The highest BCUT2D eigenvalue weighted by Crippen LogP contribution is 2.26. The number of hydrogen-bond acceptors (Lipinski definition) is 4. The van der Waals surface area contributed by atoms with Gasteiger partial charge < -0.3 is 0 Å². The Hall–Kier alpha value is -1.20. The molecule has 2 N–H and O–H groups in total.